The van der Waals surface area contributed by atoms with Gasteiger partial charge in [-0.15, -0.1) is 4.91 Å². The van der Waals surface area contributed by atoms with Crippen molar-refractivity contribution in [3.8, 4) is 11.4 Å². The van der Waals surface area contributed by atoms with Gasteiger partial charge in [0.15, 0.2) is 11.6 Å². The molecule has 122 valence electrons. The lowest BCUT2D eigenvalue weighted by atomic mass is 10.1. The largest absolute Gasteiger partial charge is 0.486 e. The molecule has 0 aliphatic heterocycles. The van der Waals surface area contributed by atoms with Crippen LogP contribution in [-0.4, -0.2) is 9.78 Å². The molecule has 1 aromatic heterocycles. The Bertz CT molecular complexity index is 890. The standard InChI is InChI=1S/C18H16FN3O2/c1-12-4-3-5-17(21-23)15(12)11-24-18-7-6-14(10-16(18)19)22-9-8-13(2)20-22/h3-10H,11H2,1-2H3. The summed E-state index contributed by atoms with van der Waals surface area (Å²) in [5.74, 6) is -0.377. The van der Waals surface area contributed by atoms with Gasteiger partial charge < -0.3 is 4.74 Å². The van der Waals surface area contributed by atoms with E-state index in [2.05, 4.69) is 10.3 Å². The fourth-order valence-electron chi connectivity index (χ4n) is 2.42. The molecule has 6 heteroatoms. The van der Waals surface area contributed by atoms with Crippen molar-refractivity contribution in [3.05, 3.63) is 76.2 Å². The molecule has 0 N–H and O–H groups in total. The zero-order valence-corrected chi connectivity index (χ0v) is 13.4. The minimum Gasteiger partial charge on any atom is -0.486 e. The van der Waals surface area contributed by atoms with Gasteiger partial charge in [0.05, 0.1) is 11.4 Å². The Kier molecular flexibility index (Phi) is 4.37. The van der Waals surface area contributed by atoms with Crippen LogP contribution in [0.2, 0.25) is 0 Å². The fourth-order valence-corrected chi connectivity index (χ4v) is 2.42. The zero-order valence-electron chi connectivity index (χ0n) is 13.4. The quantitative estimate of drug-likeness (QED) is 0.644. The first kappa shape index (κ1) is 15.9. The van der Waals surface area contributed by atoms with Crippen LogP contribution in [0.4, 0.5) is 10.1 Å². The second-order valence-corrected chi connectivity index (χ2v) is 5.47. The van der Waals surface area contributed by atoms with Gasteiger partial charge >= 0.3 is 0 Å². The maximum atomic E-state index is 14.3. The van der Waals surface area contributed by atoms with Crippen LogP contribution >= 0.6 is 0 Å². The third-order valence-electron chi connectivity index (χ3n) is 3.76. The molecule has 0 fully saturated rings. The van der Waals surface area contributed by atoms with Crippen LogP contribution in [0.5, 0.6) is 5.75 Å². The molecule has 1 heterocycles. The Hall–Kier alpha value is -3.02. The lowest BCUT2D eigenvalue weighted by Crippen LogP contribution is -2.01. The number of hydrogen-bond acceptors (Lipinski definition) is 4. The highest BCUT2D eigenvalue weighted by Crippen LogP contribution is 2.26. The third kappa shape index (κ3) is 3.17. The van der Waals surface area contributed by atoms with Crippen LogP contribution in [0.1, 0.15) is 16.8 Å². The molecule has 0 aliphatic rings. The van der Waals surface area contributed by atoms with Crippen molar-refractivity contribution in [2.24, 2.45) is 5.18 Å². The summed E-state index contributed by atoms with van der Waals surface area (Å²) >= 11 is 0. The predicted molar refractivity (Wildman–Crippen MR) is 89.2 cm³/mol. The van der Waals surface area contributed by atoms with Crippen molar-refractivity contribution >= 4 is 5.69 Å². The van der Waals surface area contributed by atoms with Gasteiger partial charge in [0, 0.05) is 17.8 Å². The van der Waals surface area contributed by atoms with E-state index in [0.717, 1.165) is 11.3 Å². The number of ether oxygens (including phenoxy) is 1. The van der Waals surface area contributed by atoms with E-state index in [9.17, 15) is 9.30 Å². The average molecular weight is 325 g/mol. The normalized spacial score (nSPS) is 10.6. The van der Waals surface area contributed by atoms with E-state index >= 15 is 0 Å². The molecule has 3 rings (SSSR count). The van der Waals surface area contributed by atoms with E-state index in [1.165, 1.54) is 6.07 Å². The Morgan fingerprint density at radius 2 is 2.04 bits per heavy atom. The highest BCUT2D eigenvalue weighted by atomic mass is 19.1. The zero-order chi connectivity index (χ0) is 17.1. The first-order valence-electron chi connectivity index (χ1n) is 7.45. The maximum absolute atomic E-state index is 14.3. The van der Waals surface area contributed by atoms with Crippen LogP contribution in [0.3, 0.4) is 0 Å². The van der Waals surface area contributed by atoms with Crippen molar-refractivity contribution in [2.45, 2.75) is 20.5 Å². The van der Waals surface area contributed by atoms with Crippen LogP contribution < -0.4 is 4.74 Å². The fraction of sp³-hybridized carbons (Fsp3) is 0.167. The molecule has 0 saturated carbocycles. The van der Waals surface area contributed by atoms with Gasteiger partial charge in [-0.2, -0.15) is 5.10 Å². The van der Waals surface area contributed by atoms with Gasteiger partial charge in [-0.1, -0.05) is 12.1 Å². The molecule has 3 aromatic rings. The van der Waals surface area contributed by atoms with Gasteiger partial charge in [-0.3, -0.25) is 0 Å². The van der Waals surface area contributed by atoms with Gasteiger partial charge in [0.2, 0.25) is 0 Å². The minimum atomic E-state index is -0.491. The second kappa shape index (κ2) is 6.62. The Morgan fingerprint density at radius 3 is 2.71 bits per heavy atom. The highest BCUT2D eigenvalue weighted by molar-refractivity contribution is 5.49. The summed E-state index contributed by atoms with van der Waals surface area (Å²) in [6, 6.07) is 11.7. The first-order valence-corrected chi connectivity index (χ1v) is 7.45. The monoisotopic (exact) mass is 325 g/mol. The highest BCUT2D eigenvalue weighted by Gasteiger charge is 2.11. The van der Waals surface area contributed by atoms with E-state index < -0.39 is 5.82 Å². The molecule has 5 nitrogen and oxygen atoms in total. The summed E-state index contributed by atoms with van der Waals surface area (Å²) in [6.45, 7) is 3.79. The van der Waals surface area contributed by atoms with Gasteiger partial charge in [-0.05, 0) is 48.9 Å². The van der Waals surface area contributed by atoms with E-state index in [0.29, 0.717) is 16.9 Å². The lowest BCUT2D eigenvalue weighted by Gasteiger charge is -2.11. The second-order valence-electron chi connectivity index (χ2n) is 5.47. The number of rotatable bonds is 5. The van der Waals surface area contributed by atoms with Gasteiger partial charge in [0.25, 0.3) is 0 Å². The molecule has 2 aromatic carbocycles. The number of hydrogen-bond donors (Lipinski definition) is 0. The number of nitrogens with zero attached hydrogens (tertiary/aromatic N) is 3. The molecule has 0 radical (unpaired) electrons. The van der Waals surface area contributed by atoms with Crippen molar-refractivity contribution in [1.82, 2.24) is 9.78 Å². The molecule has 0 aliphatic carbocycles. The summed E-state index contributed by atoms with van der Waals surface area (Å²) in [7, 11) is 0. The van der Waals surface area contributed by atoms with Crippen molar-refractivity contribution in [1.29, 1.82) is 0 Å². The molecule has 0 unspecified atom stereocenters. The number of aryl methyl sites for hydroxylation is 2. The van der Waals surface area contributed by atoms with Crippen molar-refractivity contribution in [2.75, 3.05) is 0 Å². The molecular weight excluding hydrogens is 309 g/mol. The summed E-state index contributed by atoms with van der Waals surface area (Å²) in [6.07, 6.45) is 1.76. The van der Waals surface area contributed by atoms with E-state index in [-0.39, 0.29) is 12.4 Å². The van der Waals surface area contributed by atoms with Gasteiger partial charge in [-0.25, -0.2) is 9.07 Å². The molecule has 0 spiro atoms. The Labute approximate surface area is 138 Å². The minimum absolute atomic E-state index is 0.0743. The first-order chi connectivity index (χ1) is 11.6. The van der Waals surface area contributed by atoms with E-state index in [1.54, 1.807) is 35.1 Å². The maximum Gasteiger partial charge on any atom is 0.167 e. The molecule has 0 bridgehead atoms. The lowest BCUT2D eigenvalue weighted by molar-refractivity contribution is 0.290. The number of benzene rings is 2. The molecule has 24 heavy (non-hydrogen) atoms. The van der Waals surface area contributed by atoms with Crippen LogP contribution in [0.25, 0.3) is 5.69 Å². The van der Waals surface area contributed by atoms with Gasteiger partial charge in [0.1, 0.15) is 12.3 Å². The topological polar surface area (TPSA) is 56.5 Å². The molecule has 0 saturated heterocycles. The van der Waals surface area contributed by atoms with Crippen molar-refractivity contribution < 1.29 is 9.13 Å². The summed E-state index contributed by atoms with van der Waals surface area (Å²) < 4.78 is 21.4. The Morgan fingerprint density at radius 1 is 1.21 bits per heavy atom. The third-order valence-corrected chi connectivity index (χ3v) is 3.76. The molecule has 0 amide bonds. The molecule has 0 atom stereocenters. The van der Waals surface area contributed by atoms with Crippen LogP contribution in [0, 0.1) is 24.6 Å². The average Bonchev–Trinajstić information content (AvgIpc) is 3.01. The molecular formula is C18H16FN3O2. The van der Waals surface area contributed by atoms with Crippen molar-refractivity contribution in [3.63, 3.8) is 0 Å². The van der Waals surface area contributed by atoms with E-state index in [1.807, 2.05) is 26.0 Å². The summed E-state index contributed by atoms with van der Waals surface area (Å²) in [5, 5.41) is 7.23. The number of aromatic nitrogens is 2. The summed E-state index contributed by atoms with van der Waals surface area (Å²) in [5.41, 5.74) is 3.29. The van der Waals surface area contributed by atoms with Crippen LogP contribution in [-0.2, 0) is 6.61 Å². The smallest absolute Gasteiger partial charge is 0.167 e. The number of nitroso groups, excluding NO2 is 1. The van der Waals surface area contributed by atoms with Crippen LogP contribution in [0.15, 0.2) is 53.8 Å². The van der Waals surface area contributed by atoms with E-state index in [4.69, 9.17) is 4.74 Å². The Balaban J connectivity index is 1.81. The summed E-state index contributed by atoms with van der Waals surface area (Å²) in [4.78, 5) is 10.9. The number of halogens is 1. The SMILES string of the molecule is Cc1ccn(-c2ccc(OCc3c(C)cccc3N=O)c(F)c2)n1. The predicted octanol–water partition coefficient (Wildman–Crippen LogP) is 4.61.